The first-order valence-corrected chi connectivity index (χ1v) is 11.2. The van der Waals surface area contributed by atoms with Gasteiger partial charge in [0.15, 0.2) is 6.61 Å². The monoisotopic (exact) mass is 490 g/mol. The number of ether oxygens (including phenoxy) is 3. The molecular formula is C20H21F3N2O7S. The van der Waals surface area contributed by atoms with Crippen molar-refractivity contribution in [2.24, 2.45) is 0 Å². The number of carbonyl (C=O) groups is 2. The molecule has 33 heavy (non-hydrogen) atoms. The van der Waals surface area contributed by atoms with Crippen molar-refractivity contribution in [2.45, 2.75) is 6.18 Å². The van der Waals surface area contributed by atoms with E-state index >= 15 is 0 Å². The molecule has 2 N–H and O–H groups in total. The van der Waals surface area contributed by atoms with Crippen molar-refractivity contribution in [1.82, 2.24) is 0 Å². The largest absolute Gasteiger partial charge is 0.489 e. The van der Waals surface area contributed by atoms with Crippen LogP contribution in [0.3, 0.4) is 0 Å². The summed E-state index contributed by atoms with van der Waals surface area (Å²) in [6.07, 6.45) is -3.72. The lowest BCUT2D eigenvalue weighted by atomic mass is 10.1. The standard InChI is InChI=1S/C20H21F3N2O7S/c1-30-8-9-31-17-7-6-14(20(21,22)23)11-16(17)24-18(26)12-32-19(27)13-4-3-5-15(10-13)25-33(2,28)29/h3-7,10-11,25H,8-9,12H2,1-2H3,(H,24,26). The third-order valence-corrected chi connectivity index (χ3v) is 4.47. The van der Waals surface area contributed by atoms with Gasteiger partial charge in [0.2, 0.25) is 10.0 Å². The number of methoxy groups -OCH3 is 1. The third kappa shape index (κ3) is 8.61. The number of rotatable bonds is 10. The molecule has 1 amide bonds. The highest BCUT2D eigenvalue weighted by atomic mass is 32.2. The predicted octanol–water partition coefficient (Wildman–Crippen LogP) is 2.90. The molecule has 0 fully saturated rings. The van der Waals surface area contributed by atoms with Crippen molar-refractivity contribution in [2.75, 3.05) is 43.2 Å². The maximum absolute atomic E-state index is 13.0. The van der Waals surface area contributed by atoms with Gasteiger partial charge in [0.05, 0.1) is 29.7 Å². The summed E-state index contributed by atoms with van der Waals surface area (Å²) in [5.74, 6) is -1.88. The summed E-state index contributed by atoms with van der Waals surface area (Å²) in [4.78, 5) is 24.4. The number of carbonyl (C=O) groups excluding carboxylic acids is 2. The highest BCUT2D eigenvalue weighted by molar-refractivity contribution is 7.92. The van der Waals surface area contributed by atoms with E-state index in [-0.39, 0.29) is 35.9 Å². The molecule has 0 unspecified atom stereocenters. The van der Waals surface area contributed by atoms with E-state index in [0.29, 0.717) is 6.07 Å². The fourth-order valence-electron chi connectivity index (χ4n) is 2.49. The van der Waals surface area contributed by atoms with Crippen LogP contribution in [0.15, 0.2) is 42.5 Å². The van der Waals surface area contributed by atoms with E-state index in [0.717, 1.165) is 18.4 Å². The number of hydrogen-bond acceptors (Lipinski definition) is 7. The molecule has 0 heterocycles. The maximum Gasteiger partial charge on any atom is 0.416 e. The second-order valence-corrected chi connectivity index (χ2v) is 8.38. The molecule has 0 aliphatic rings. The Morgan fingerprint density at radius 1 is 1.06 bits per heavy atom. The molecule has 0 aliphatic heterocycles. The lowest BCUT2D eigenvalue weighted by molar-refractivity contribution is -0.137. The first-order valence-electron chi connectivity index (χ1n) is 9.27. The van der Waals surface area contributed by atoms with Gasteiger partial charge in [-0.2, -0.15) is 13.2 Å². The topological polar surface area (TPSA) is 120 Å². The van der Waals surface area contributed by atoms with Crippen LogP contribution < -0.4 is 14.8 Å². The molecular weight excluding hydrogens is 469 g/mol. The molecule has 2 aromatic carbocycles. The van der Waals surface area contributed by atoms with Gasteiger partial charge in [0.25, 0.3) is 5.91 Å². The van der Waals surface area contributed by atoms with Gasteiger partial charge in [-0.3, -0.25) is 9.52 Å². The first-order chi connectivity index (χ1) is 15.4. The van der Waals surface area contributed by atoms with Gasteiger partial charge < -0.3 is 19.5 Å². The molecule has 0 bridgehead atoms. The Kier molecular flexibility index (Phi) is 8.65. The number of nitrogens with one attached hydrogen (secondary N) is 2. The maximum atomic E-state index is 13.0. The number of amides is 1. The Bertz CT molecular complexity index is 1110. The minimum absolute atomic E-state index is 0.0254. The Hall–Kier alpha value is -3.32. The Morgan fingerprint density at radius 3 is 2.42 bits per heavy atom. The lowest BCUT2D eigenvalue weighted by Gasteiger charge is -2.15. The molecule has 9 nitrogen and oxygen atoms in total. The fraction of sp³-hybridized carbons (Fsp3) is 0.300. The van der Waals surface area contributed by atoms with Crippen molar-refractivity contribution in [3.05, 3.63) is 53.6 Å². The van der Waals surface area contributed by atoms with Crippen LogP contribution in [0.25, 0.3) is 0 Å². The van der Waals surface area contributed by atoms with E-state index in [1.165, 1.54) is 31.4 Å². The van der Waals surface area contributed by atoms with Gasteiger partial charge in [-0.15, -0.1) is 0 Å². The summed E-state index contributed by atoms with van der Waals surface area (Å²) in [6, 6.07) is 7.90. The zero-order chi connectivity index (χ0) is 24.6. The fourth-order valence-corrected chi connectivity index (χ4v) is 3.04. The molecule has 0 radical (unpaired) electrons. The molecule has 2 rings (SSSR count). The molecule has 0 aromatic heterocycles. The van der Waals surface area contributed by atoms with Gasteiger partial charge in [-0.25, -0.2) is 13.2 Å². The molecule has 2 aromatic rings. The van der Waals surface area contributed by atoms with Crippen molar-refractivity contribution in [1.29, 1.82) is 0 Å². The minimum Gasteiger partial charge on any atom is -0.489 e. The van der Waals surface area contributed by atoms with Gasteiger partial charge in [0, 0.05) is 12.8 Å². The highest BCUT2D eigenvalue weighted by Gasteiger charge is 2.31. The average molecular weight is 490 g/mol. The predicted molar refractivity (Wildman–Crippen MR) is 113 cm³/mol. The summed E-state index contributed by atoms with van der Waals surface area (Å²) in [5.41, 5.74) is -1.21. The zero-order valence-electron chi connectivity index (χ0n) is 17.6. The summed E-state index contributed by atoms with van der Waals surface area (Å²) < 4.78 is 78.9. The van der Waals surface area contributed by atoms with Crippen LogP contribution in [0.1, 0.15) is 15.9 Å². The van der Waals surface area contributed by atoms with Gasteiger partial charge in [-0.05, 0) is 36.4 Å². The van der Waals surface area contributed by atoms with Crippen LogP contribution in [-0.4, -0.2) is 53.5 Å². The molecule has 0 atom stereocenters. The van der Waals surface area contributed by atoms with E-state index in [2.05, 4.69) is 10.0 Å². The van der Waals surface area contributed by atoms with E-state index in [4.69, 9.17) is 14.2 Å². The first kappa shape index (κ1) is 25.9. The molecule has 180 valence electrons. The van der Waals surface area contributed by atoms with Crippen LogP contribution in [0.5, 0.6) is 5.75 Å². The van der Waals surface area contributed by atoms with Crippen molar-refractivity contribution >= 4 is 33.3 Å². The minimum atomic E-state index is -4.65. The normalized spacial score (nSPS) is 11.5. The summed E-state index contributed by atoms with van der Waals surface area (Å²) >= 11 is 0. The molecule has 0 saturated heterocycles. The highest BCUT2D eigenvalue weighted by Crippen LogP contribution is 2.35. The van der Waals surface area contributed by atoms with E-state index in [1.54, 1.807) is 0 Å². The molecule has 0 spiro atoms. The van der Waals surface area contributed by atoms with Crippen molar-refractivity contribution in [3.8, 4) is 5.75 Å². The van der Waals surface area contributed by atoms with Crippen molar-refractivity contribution < 1.29 is 45.4 Å². The number of esters is 1. The second kappa shape index (κ2) is 11.0. The lowest BCUT2D eigenvalue weighted by Crippen LogP contribution is -2.22. The van der Waals surface area contributed by atoms with Gasteiger partial charge in [-0.1, -0.05) is 6.07 Å². The number of alkyl halides is 3. The van der Waals surface area contributed by atoms with E-state index in [1.807, 2.05) is 0 Å². The molecule has 13 heteroatoms. The summed E-state index contributed by atoms with van der Waals surface area (Å²) in [6.45, 7) is -0.618. The Balaban J connectivity index is 2.07. The van der Waals surface area contributed by atoms with Crippen LogP contribution in [0, 0.1) is 0 Å². The van der Waals surface area contributed by atoms with Crippen LogP contribution >= 0.6 is 0 Å². The third-order valence-electron chi connectivity index (χ3n) is 3.86. The average Bonchev–Trinajstić information content (AvgIpc) is 2.71. The van der Waals surface area contributed by atoms with Crippen molar-refractivity contribution in [3.63, 3.8) is 0 Å². The van der Waals surface area contributed by atoms with Crippen LogP contribution in [-0.2, 0) is 30.5 Å². The Morgan fingerprint density at radius 2 is 1.79 bits per heavy atom. The number of anilines is 2. The second-order valence-electron chi connectivity index (χ2n) is 6.63. The van der Waals surface area contributed by atoms with E-state index < -0.39 is 40.2 Å². The van der Waals surface area contributed by atoms with Gasteiger partial charge >= 0.3 is 12.1 Å². The van der Waals surface area contributed by atoms with Gasteiger partial charge in [0.1, 0.15) is 12.4 Å². The Labute approximate surface area is 187 Å². The molecule has 0 saturated carbocycles. The summed E-state index contributed by atoms with van der Waals surface area (Å²) in [5, 5.41) is 2.23. The summed E-state index contributed by atoms with van der Waals surface area (Å²) in [7, 11) is -2.16. The van der Waals surface area contributed by atoms with Crippen LogP contribution in [0.2, 0.25) is 0 Å². The quantitative estimate of drug-likeness (QED) is 0.388. The number of benzene rings is 2. The van der Waals surface area contributed by atoms with E-state index in [9.17, 15) is 31.2 Å². The smallest absolute Gasteiger partial charge is 0.416 e. The number of sulfonamides is 1. The number of halogens is 3. The number of hydrogen-bond donors (Lipinski definition) is 2. The molecule has 0 aliphatic carbocycles. The SMILES string of the molecule is COCCOc1ccc(C(F)(F)F)cc1NC(=O)COC(=O)c1cccc(NS(C)(=O)=O)c1. The zero-order valence-corrected chi connectivity index (χ0v) is 18.4. The van der Waals surface area contributed by atoms with Crippen LogP contribution in [0.4, 0.5) is 24.5 Å².